The minimum absolute atomic E-state index is 0.617. The Bertz CT molecular complexity index is 1310. The molecule has 0 N–H and O–H groups in total. The average molecular weight is 577 g/mol. The molecule has 0 spiro atoms. The Labute approximate surface area is 263 Å². The number of rotatable bonds is 7. The Hall–Kier alpha value is -3.13. The molecule has 1 aromatic heterocycles. The van der Waals surface area contributed by atoms with Crippen LogP contribution in [0.15, 0.2) is 79.1 Å². The second-order valence-corrected chi connectivity index (χ2v) is 12.3. The molecular formula is C41H56N2. The molecule has 2 saturated carbocycles. The molecule has 0 aliphatic heterocycles. The molecule has 0 saturated heterocycles. The molecule has 1 heterocycles. The summed E-state index contributed by atoms with van der Waals surface area (Å²) in [7, 11) is 0. The molecule has 2 heteroatoms. The Morgan fingerprint density at radius 3 is 1.72 bits per heavy atom. The first-order valence-electron chi connectivity index (χ1n) is 17.5. The van der Waals surface area contributed by atoms with Gasteiger partial charge < -0.3 is 0 Å². The summed E-state index contributed by atoms with van der Waals surface area (Å²) in [5, 5.41) is 0. The van der Waals surface area contributed by atoms with Gasteiger partial charge in [-0.3, -0.25) is 4.57 Å². The Balaban J connectivity index is 0.000000551. The van der Waals surface area contributed by atoms with Crippen LogP contribution < -0.4 is 0 Å². The summed E-state index contributed by atoms with van der Waals surface area (Å²) >= 11 is 0. The third-order valence-corrected chi connectivity index (χ3v) is 9.34. The van der Waals surface area contributed by atoms with Gasteiger partial charge in [-0.2, -0.15) is 0 Å². The number of hydrogen-bond donors (Lipinski definition) is 0. The molecule has 2 aliphatic rings. The van der Waals surface area contributed by atoms with Crippen LogP contribution in [-0.4, -0.2) is 9.55 Å². The van der Waals surface area contributed by atoms with Gasteiger partial charge in [0.1, 0.15) is 5.82 Å². The molecule has 0 amide bonds. The van der Waals surface area contributed by atoms with Crippen LogP contribution in [0.2, 0.25) is 0 Å². The summed E-state index contributed by atoms with van der Waals surface area (Å²) in [5.41, 5.74) is 9.77. The van der Waals surface area contributed by atoms with Gasteiger partial charge in [-0.15, -0.1) is 0 Å². The lowest BCUT2D eigenvalue weighted by atomic mass is 9.77. The minimum Gasteiger partial charge on any atom is -0.299 e. The molecule has 3 aromatic carbocycles. The van der Waals surface area contributed by atoms with E-state index in [2.05, 4.69) is 98.3 Å². The third kappa shape index (κ3) is 8.28. The first-order chi connectivity index (χ1) is 21.2. The SMILES string of the molecule is CC.CCCCC.Cc1ccccc1-c1nccn1-c1c(C2CCCCC2)cc(-c2ccccc2)cc1C1CCCCC1. The van der Waals surface area contributed by atoms with Crippen molar-refractivity contribution in [1.29, 1.82) is 0 Å². The van der Waals surface area contributed by atoms with Crippen molar-refractivity contribution in [2.75, 3.05) is 0 Å². The summed E-state index contributed by atoms with van der Waals surface area (Å²) in [6, 6.07) is 24.8. The molecule has 4 aromatic rings. The topological polar surface area (TPSA) is 17.8 Å². The van der Waals surface area contributed by atoms with E-state index in [0.29, 0.717) is 11.8 Å². The van der Waals surface area contributed by atoms with Crippen LogP contribution in [0.1, 0.15) is 140 Å². The lowest BCUT2D eigenvalue weighted by Gasteiger charge is -2.31. The molecule has 0 atom stereocenters. The zero-order valence-corrected chi connectivity index (χ0v) is 27.7. The maximum Gasteiger partial charge on any atom is 0.144 e. The summed E-state index contributed by atoms with van der Waals surface area (Å²) in [6.07, 6.45) is 21.6. The molecule has 0 bridgehead atoms. The maximum absolute atomic E-state index is 4.94. The van der Waals surface area contributed by atoms with Gasteiger partial charge in [0.05, 0.1) is 5.69 Å². The first-order valence-corrected chi connectivity index (χ1v) is 17.5. The number of unbranched alkanes of at least 4 members (excludes halogenated alkanes) is 2. The molecule has 2 fully saturated rings. The lowest BCUT2D eigenvalue weighted by molar-refractivity contribution is 0.434. The van der Waals surface area contributed by atoms with Gasteiger partial charge in [0.25, 0.3) is 0 Å². The van der Waals surface area contributed by atoms with Crippen molar-refractivity contribution in [3.8, 4) is 28.2 Å². The smallest absolute Gasteiger partial charge is 0.144 e. The van der Waals surface area contributed by atoms with Crippen LogP contribution in [0.25, 0.3) is 28.2 Å². The van der Waals surface area contributed by atoms with Crippen LogP contribution in [0, 0.1) is 6.92 Å². The van der Waals surface area contributed by atoms with E-state index >= 15 is 0 Å². The van der Waals surface area contributed by atoms with Gasteiger partial charge >= 0.3 is 0 Å². The molecule has 43 heavy (non-hydrogen) atoms. The predicted octanol–water partition coefficient (Wildman–Crippen LogP) is 12.8. The summed E-state index contributed by atoms with van der Waals surface area (Å²) in [4.78, 5) is 4.94. The van der Waals surface area contributed by atoms with Crippen molar-refractivity contribution in [3.63, 3.8) is 0 Å². The number of benzene rings is 3. The van der Waals surface area contributed by atoms with Crippen molar-refractivity contribution >= 4 is 0 Å². The molecule has 0 radical (unpaired) electrons. The van der Waals surface area contributed by atoms with Crippen molar-refractivity contribution in [3.05, 3.63) is 95.8 Å². The van der Waals surface area contributed by atoms with Gasteiger partial charge in [-0.05, 0) is 84.4 Å². The van der Waals surface area contributed by atoms with Crippen LogP contribution in [-0.2, 0) is 0 Å². The zero-order valence-electron chi connectivity index (χ0n) is 27.7. The number of aromatic nitrogens is 2. The number of imidazole rings is 1. The molecule has 2 nitrogen and oxygen atoms in total. The molecule has 0 unspecified atom stereocenters. The van der Waals surface area contributed by atoms with Gasteiger partial charge in [0.2, 0.25) is 0 Å². The van der Waals surface area contributed by atoms with E-state index in [1.54, 1.807) is 11.1 Å². The van der Waals surface area contributed by atoms with Crippen molar-refractivity contribution in [2.45, 2.75) is 130 Å². The van der Waals surface area contributed by atoms with E-state index in [9.17, 15) is 0 Å². The molecular weight excluding hydrogens is 520 g/mol. The lowest BCUT2D eigenvalue weighted by Crippen LogP contribution is -2.15. The van der Waals surface area contributed by atoms with Gasteiger partial charge in [-0.1, -0.05) is 140 Å². The quantitative estimate of drug-likeness (QED) is 0.214. The highest BCUT2D eigenvalue weighted by Gasteiger charge is 2.28. The van der Waals surface area contributed by atoms with Crippen LogP contribution in [0.4, 0.5) is 0 Å². The number of hydrogen-bond acceptors (Lipinski definition) is 1. The fraction of sp³-hybridized carbons (Fsp3) is 0.488. The first kappa shape index (κ1) is 32.8. The van der Waals surface area contributed by atoms with E-state index in [1.165, 1.54) is 111 Å². The highest BCUT2D eigenvalue weighted by molar-refractivity contribution is 5.72. The monoisotopic (exact) mass is 576 g/mol. The van der Waals surface area contributed by atoms with Crippen molar-refractivity contribution < 1.29 is 0 Å². The second-order valence-electron chi connectivity index (χ2n) is 12.3. The van der Waals surface area contributed by atoms with Crippen LogP contribution in [0.5, 0.6) is 0 Å². The Morgan fingerprint density at radius 2 is 1.21 bits per heavy atom. The Kier molecular flexibility index (Phi) is 13.1. The third-order valence-electron chi connectivity index (χ3n) is 9.34. The number of aryl methyl sites for hydroxylation is 1. The maximum atomic E-state index is 4.94. The van der Waals surface area contributed by atoms with E-state index in [4.69, 9.17) is 4.98 Å². The predicted molar refractivity (Wildman–Crippen MR) is 187 cm³/mol. The summed E-state index contributed by atoms with van der Waals surface area (Å²) in [6.45, 7) is 10.6. The molecule has 230 valence electrons. The Morgan fingerprint density at radius 1 is 0.674 bits per heavy atom. The van der Waals surface area contributed by atoms with Crippen molar-refractivity contribution in [1.82, 2.24) is 9.55 Å². The number of nitrogens with zero attached hydrogens (tertiary/aromatic N) is 2. The molecule has 6 rings (SSSR count). The van der Waals surface area contributed by atoms with E-state index in [0.717, 1.165) is 5.82 Å². The van der Waals surface area contributed by atoms with Gasteiger partial charge in [0, 0.05) is 18.0 Å². The highest BCUT2D eigenvalue weighted by Crippen LogP contribution is 2.45. The normalized spacial score (nSPS) is 15.7. The van der Waals surface area contributed by atoms with E-state index < -0.39 is 0 Å². The zero-order chi connectivity index (χ0) is 30.4. The van der Waals surface area contributed by atoms with Crippen LogP contribution >= 0.6 is 0 Å². The largest absolute Gasteiger partial charge is 0.299 e. The fourth-order valence-corrected chi connectivity index (χ4v) is 7.07. The highest BCUT2D eigenvalue weighted by atomic mass is 15.1. The fourth-order valence-electron chi connectivity index (χ4n) is 7.07. The standard InChI is InChI=1S/C34H38N2.C5H12.C2H6/c1-25-13-11-12-20-30(25)34-35-21-22-36(34)33-31(27-16-7-3-8-17-27)23-29(26-14-5-2-6-15-26)24-32(33)28-18-9-4-10-19-28;1-3-5-4-2;1-2/h2,5-6,11-15,20-24,27-28H,3-4,7-10,16-19H2,1H3;3-5H2,1-2H3;1-2H3. The minimum atomic E-state index is 0.617. The summed E-state index contributed by atoms with van der Waals surface area (Å²) in [5.74, 6) is 2.31. The van der Waals surface area contributed by atoms with E-state index in [-0.39, 0.29) is 0 Å². The van der Waals surface area contributed by atoms with Gasteiger partial charge in [-0.25, -0.2) is 4.98 Å². The van der Waals surface area contributed by atoms with E-state index in [1.807, 2.05) is 20.0 Å². The van der Waals surface area contributed by atoms with Gasteiger partial charge in [0.15, 0.2) is 0 Å². The molecule has 2 aliphatic carbocycles. The van der Waals surface area contributed by atoms with Crippen LogP contribution in [0.3, 0.4) is 0 Å². The van der Waals surface area contributed by atoms with Crippen molar-refractivity contribution in [2.24, 2.45) is 0 Å². The average Bonchev–Trinajstić information content (AvgIpc) is 3.56. The second kappa shape index (κ2) is 17.2. The summed E-state index contributed by atoms with van der Waals surface area (Å²) < 4.78 is 2.45.